The Morgan fingerprint density at radius 3 is 3.15 bits per heavy atom. The SMILES string of the molecule is CCOC1CC2(C=O)CCCC2O1. The van der Waals surface area contributed by atoms with Gasteiger partial charge < -0.3 is 14.3 Å². The van der Waals surface area contributed by atoms with E-state index in [0.717, 1.165) is 32.0 Å². The summed E-state index contributed by atoms with van der Waals surface area (Å²) < 4.78 is 11.1. The van der Waals surface area contributed by atoms with Crippen molar-refractivity contribution in [2.75, 3.05) is 6.61 Å². The Balaban J connectivity index is 2.04. The first kappa shape index (κ1) is 9.16. The molecule has 3 atom stereocenters. The number of hydrogen-bond acceptors (Lipinski definition) is 3. The summed E-state index contributed by atoms with van der Waals surface area (Å²) in [6.07, 6.45) is 4.94. The smallest absolute Gasteiger partial charge is 0.159 e. The van der Waals surface area contributed by atoms with E-state index in [1.807, 2.05) is 6.92 Å². The Hall–Kier alpha value is -0.410. The highest BCUT2D eigenvalue weighted by atomic mass is 16.7. The van der Waals surface area contributed by atoms with Gasteiger partial charge in [-0.05, 0) is 26.2 Å². The summed E-state index contributed by atoms with van der Waals surface area (Å²) in [7, 11) is 0. The fourth-order valence-corrected chi connectivity index (χ4v) is 2.51. The van der Waals surface area contributed by atoms with E-state index in [0.29, 0.717) is 6.61 Å². The number of fused-ring (bicyclic) bond motifs is 1. The van der Waals surface area contributed by atoms with Crippen molar-refractivity contribution < 1.29 is 14.3 Å². The van der Waals surface area contributed by atoms with Gasteiger partial charge in [-0.2, -0.15) is 0 Å². The van der Waals surface area contributed by atoms with E-state index in [1.54, 1.807) is 0 Å². The lowest BCUT2D eigenvalue weighted by Gasteiger charge is -2.18. The average molecular weight is 184 g/mol. The summed E-state index contributed by atoms with van der Waals surface area (Å²) in [5, 5.41) is 0. The molecule has 0 radical (unpaired) electrons. The van der Waals surface area contributed by atoms with Gasteiger partial charge in [-0.1, -0.05) is 0 Å². The third-order valence-electron chi connectivity index (χ3n) is 3.20. The van der Waals surface area contributed by atoms with Crippen molar-refractivity contribution in [3.63, 3.8) is 0 Å². The summed E-state index contributed by atoms with van der Waals surface area (Å²) >= 11 is 0. The fraction of sp³-hybridized carbons (Fsp3) is 0.900. The second-order valence-electron chi connectivity index (χ2n) is 3.96. The Morgan fingerprint density at radius 2 is 2.54 bits per heavy atom. The molecule has 2 aliphatic rings. The van der Waals surface area contributed by atoms with Crippen LogP contribution in [0.4, 0.5) is 0 Å². The van der Waals surface area contributed by atoms with Crippen LogP contribution in [0.2, 0.25) is 0 Å². The maximum atomic E-state index is 11.0. The molecule has 3 unspecified atom stereocenters. The molecule has 0 aromatic heterocycles. The first-order valence-corrected chi connectivity index (χ1v) is 5.04. The van der Waals surface area contributed by atoms with Crippen LogP contribution in [0.15, 0.2) is 0 Å². The molecule has 0 amide bonds. The topological polar surface area (TPSA) is 35.5 Å². The lowest BCUT2D eigenvalue weighted by Crippen LogP contribution is -2.26. The molecule has 0 aromatic carbocycles. The Morgan fingerprint density at radius 1 is 1.69 bits per heavy atom. The van der Waals surface area contributed by atoms with E-state index < -0.39 is 0 Å². The predicted octanol–water partition coefficient (Wildman–Crippen LogP) is 1.51. The normalized spacial score (nSPS) is 43.5. The molecule has 0 aromatic rings. The van der Waals surface area contributed by atoms with E-state index in [2.05, 4.69) is 0 Å². The van der Waals surface area contributed by atoms with Gasteiger partial charge >= 0.3 is 0 Å². The van der Waals surface area contributed by atoms with Crippen LogP contribution < -0.4 is 0 Å². The van der Waals surface area contributed by atoms with E-state index in [4.69, 9.17) is 9.47 Å². The van der Waals surface area contributed by atoms with Gasteiger partial charge in [0.05, 0.1) is 11.5 Å². The minimum absolute atomic E-state index is 0.126. The number of rotatable bonds is 3. The molecule has 3 heteroatoms. The minimum Gasteiger partial charge on any atom is -0.353 e. The highest BCUT2D eigenvalue weighted by molar-refractivity contribution is 5.62. The molecule has 0 spiro atoms. The number of carbonyl (C=O) groups excluding carboxylic acids is 1. The average Bonchev–Trinajstić information content (AvgIpc) is 2.61. The van der Waals surface area contributed by atoms with Crippen molar-refractivity contribution in [2.24, 2.45) is 5.41 Å². The second kappa shape index (κ2) is 3.39. The largest absolute Gasteiger partial charge is 0.353 e. The molecule has 13 heavy (non-hydrogen) atoms. The molecule has 3 nitrogen and oxygen atoms in total. The van der Waals surface area contributed by atoms with Gasteiger partial charge in [-0.3, -0.25) is 0 Å². The molecule has 0 bridgehead atoms. The molecule has 2 rings (SSSR count). The van der Waals surface area contributed by atoms with Crippen LogP contribution in [-0.2, 0) is 14.3 Å². The molecule has 1 heterocycles. The zero-order chi connectivity index (χ0) is 9.31. The van der Waals surface area contributed by atoms with Gasteiger partial charge in [0.1, 0.15) is 6.29 Å². The monoisotopic (exact) mass is 184 g/mol. The quantitative estimate of drug-likeness (QED) is 0.624. The van der Waals surface area contributed by atoms with Crippen molar-refractivity contribution in [1.82, 2.24) is 0 Å². The zero-order valence-corrected chi connectivity index (χ0v) is 7.99. The van der Waals surface area contributed by atoms with Crippen LogP contribution in [0.1, 0.15) is 32.6 Å². The number of carbonyl (C=O) groups is 1. The van der Waals surface area contributed by atoms with Crippen molar-refractivity contribution in [2.45, 2.75) is 45.0 Å². The Kier molecular flexibility index (Phi) is 2.39. The van der Waals surface area contributed by atoms with Gasteiger partial charge in [-0.25, -0.2) is 0 Å². The lowest BCUT2D eigenvalue weighted by molar-refractivity contribution is -0.132. The molecule has 1 saturated heterocycles. The fourth-order valence-electron chi connectivity index (χ4n) is 2.51. The third kappa shape index (κ3) is 1.40. The van der Waals surface area contributed by atoms with Crippen molar-refractivity contribution in [3.05, 3.63) is 0 Å². The molecule has 0 N–H and O–H groups in total. The van der Waals surface area contributed by atoms with Gasteiger partial charge in [0.15, 0.2) is 6.29 Å². The van der Waals surface area contributed by atoms with Gasteiger partial charge in [0, 0.05) is 13.0 Å². The van der Waals surface area contributed by atoms with Crippen LogP contribution in [0.3, 0.4) is 0 Å². The summed E-state index contributed by atoms with van der Waals surface area (Å²) in [6.45, 7) is 2.61. The number of aldehydes is 1. The zero-order valence-electron chi connectivity index (χ0n) is 7.99. The molecule has 1 aliphatic carbocycles. The lowest BCUT2D eigenvalue weighted by atomic mass is 9.84. The Bertz CT molecular complexity index is 204. The van der Waals surface area contributed by atoms with Crippen molar-refractivity contribution in [1.29, 1.82) is 0 Å². The maximum Gasteiger partial charge on any atom is 0.159 e. The van der Waals surface area contributed by atoms with E-state index >= 15 is 0 Å². The van der Waals surface area contributed by atoms with Crippen molar-refractivity contribution in [3.8, 4) is 0 Å². The predicted molar refractivity (Wildman–Crippen MR) is 47.3 cm³/mol. The summed E-state index contributed by atoms with van der Waals surface area (Å²) in [6, 6.07) is 0. The number of hydrogen-bond donors (Lipinski definition) is 0. The Labute approximate surface area is 78.4 Å². The van der Waals surface area contributed by atoms with Crippen LogP contribution >= 0.6 is 0 Å². The van der Waals surface area contributed by atoms with E-state index in [1.165, 1.54) is 0 Å². The van der Waals surface area contributed by atoms with Crippen LogP contribution in [0, 0.1) is 5.41 Å². The molecule has 74 valence electrons. The summed E-state index contributed by atoms with van der Waals surface area (Å²) in [4.78, 5) is 11.0. The van der Waals surface area contributed by atoms with Crippen LogP contribution in [-0.4, -0.2) is 25.3 Å². The van der Waals surface area contributed by atoms with Crippen LogP contribution in [0.25, 0.3) is 0 Å². The summed E-state index contributed by atoms with van der Waals surface area (Å²) in [5.74, 6) is 0. The van der Waals surface area contributed by atoms with Crippen LogP contribution in [0.5, 0.6) is 0 Å². The molecular weight excluding hydrogens is 168 g/mol. The summed E-state index contributed by atoms with van der Waals surface area (Å²) in [5.41, 5.74) is -0.208. The van der Waals surface area contributed by atoms with E-state index in [9.17, 15) is 4.79 Å². The third-order valence-corrected chi connectivity index (χ3v) is 3.20. The van der Waals surface area contributed by atoms with Gasteiger partial charge in [0.25, 0.3) is 0 Å². The standard InChI is InChI=1S/C10H16O3/c1-2-12-9-6-10(7-11)5-3-4-8(10)13-9/h7-9H,2-6H2,1H3. The minimum atomic E-state index is -0.208. The highest BCUT2D eigenvalue weighted by Gasteiger charge is 2.51. The highest BCUT2D eigenvalue weighted by Crippen LogP contribution is 2.48. The van der Waals surface area contributed by atoms with E-state index in [-0.39, 0.29) is 17.8 Å². The maximum absolute atomic E-state index is 11.0. The number of ether oxygens (including phenoxy) is 2. The van der Waals surface area contributed by atoms with Gasteiger partial charge in [0.2, 0.25) is 0 Å². The van der Waals surface area contributed by atoms with Gasteiger partial charge in [-0.15, -0.1) is 0 Å². The molecule has 2 fully saturated rings. The molecule has 1 aliphatic heterocycles. The first-order valence-electron chi connectivity index (χ1n) is 5.04. The second-order valence-corrected chi connectivity index (χ2v) is 3.96. The first-order chi connectivity index (χ1) is 6.30. The van der Waals surface area contributed by atoms with Crippen molar-refractivity contribution >= 4 is 6.29 Å². The molecule has 1 saturated carbocycles. The molecular formula is C10H16O3.